The van der Waals surface area contributed by atoms with Crippen LogP contribution in [0.4, 0.5) is 50.9 Å². The van der Waals surface area contributed by atoms with Gasteiger partial charge in [-0.2, -0.15) is 31.6 Å². The van der Waals surface area contributed by atoms with Crippen LogP contribution in [0.15, 0.2) is 18.2 Å². The number of alkyl halides is 7. The minimum Gasteiger partial charge on any atom is -0.395 e. The highest BCUT2D eigenvalue weighted by Gasteiger charge is 2.73. The molecule has 4 nitrogen and oxygen atoms in total. The van der Waals surface area contributed by atoms with E-state index < -0.39 is 69.1 Å². The van der Waals surface area contributed by atoms with Gasteiger partial charge in [0.2, 0.25) is 0 Å². The van der Waals surface area contributed by atoms with Crippen molar-refractivity contribution in [1.29, 1.82) is 5.26 Å². The van der Waals surface area contributed by atoms with Crippen LogP contribution in [-0.2, 0) is 5.67 Å². The number of rotatable bonds is 3. The van der Waals surface area contributed by atoms with E-state index in [-0.39, 0.29) is 17.8 Å². The van der Waals surface area contributed by atoms with Crippen molar-refractivity contribution >= 4 is 17.3 Å². The molecule has 0 unspecified atom stereocenters. The van der Waals surface area contributed by atoms with Crippen molar-refractivity contribution in [2.75, 3.05) is 11.1 Å². The van der Waals surface area contributed by atoms with Crippen molar-refractivity contribution in [3.63, 3.8) is 0 Å². The first-order valence-corrected chi connectivity index (χ1v) is 8.40. The second-order valence-corrected chi connectivity index (χ2v) is 6.71. The van der Waals surface area contributed by atoms with Gasteiger partial charge in [-0.1, -0.05) is 12.1 Å². The van der Waals surface area contributed by atoms with Gasteiger partial charge in [-0.25, -0.2) is 13.2 Å². The molecule has 3 N–H and O–H groups in total. The monoisotopic (exact) mass is 469 g/mol. The SMILES string of the molecule is Cc1cc(C(F)(C(F)(F)F)C(F)(F)F)cc(C)c1NC(=O)c1cc(F)c(C#N)c(N)c1F. The number of hydrogen-bond donors (Lipinski definition) is 2. The molecule has 2 aromatic carbocycles. The summed E-state index contributed by atoms with van der Waals surface area (Å²) >= 11 is 0. The highest BCUT2D eigenvalue weighted by atomic mass is 19.4. The van der Waals surface area contributed by atoms with E-state index in [0.29, 0.717) is 6.07 Å². The van der Waals surface area contributed by atoms with E-state index in [2.05, 4.69) is 0 Å². The Bertz CT molecular complexity index is 1090. The summed E-state index contributed by atoms with van der Waals surface area (Å²) in [4.78, 5) is 12.4. The molecular weight excluding hydrogens is 457 g/mol. The minimum absolute atomic E-state index is 0.230. The summed E-state index contributed by atoms with van der Waals surface area (Å²) in [5.74, 6) is -4.17. The van der Waals surface area contributed by atoms with Crippen LogP contribution in [0.3, 0.4) is 0 Å². The molecule has 0 atom stereocenters. The molecule has 0 aliphatic rings. The number of carbonyl (C=O) groups is 1. The standard InChI is InChI=1S/C19H12F9N3O/c1-7-3-9(17(22,18(23,24)25)19(26,27)28)4-8(2)15(7)31-16(32)10-5-12(20)11(6-29)14(30)13(10)21/h3-5H,30H2,1-2H3,(H,31,32). The highest BCUT2D eigenvalue weighted by molar-refractivity contribution is 6.06. The number of nitrogens with zero attached hydrogens (tertiary/aromatic N) is 1. The first-order chi connectivity index (χ1) is 14.5. The number of benzene rings is 2. The molecular formula is C19H12F9N3O. The number of nitriles is 1. The molecule has 0 spiro atoms. The Morgan fingerprint density at radius 2 is 1.44 bits per heavy atom. The van der Waals surface area contributed by atoms with Gasteiger partial charge in [0.15, 0.2) is 5.82 Å². The third-order valence-corrected chi connectivity index (χ3v) is 4.56. The van der Waals surface area contributed by atoms with Crippen molar-refractivity contribution in [1.82, 2.24) is 0 Å². The fourth-order valence-corrected chi connectivity index (χ4v) is 2.95. The molecule has 13 heteroatoms. The quantitative estimate of drug-likeness (QED) is 0.455. The fraction of sp³-hybridized carbons (Fsp3) is 0.263. The Balaban J connectivity index is 2.56. The Morgan fingerprint density at radius 1 is 0.969 bits per heavy atom. The van der Waals surface area contributed by atoms with Gasteiger partial charge in [0.05, 0.1) is 11.3 Å². The molecule has 0 fully saturated rings. The lowest BCUT2D eigenvalue weighted by molar-refractivity contribution is -0.348. The van der Waals surface area contributed by atoms with Gasteiger partial charge in [0.1, 0.15) is 17.4 Å². The maximum atomic E-state index is 14.3. The zero-order valence-corrected chi connectivity index (χ0v) is 16.1. The normalized spacial score (nSPS) is 12.4. The molecule has 32 heavy (non-hydrogen) atoms. The second kappa shape index (κ2) is 7.92. The van der Waals surface area contributed by atoms with Gasteiger partial charge in [0, 0.05) is 11.3 Å². The van der Waals surface area contributed by atoms with Crippen molar-refractivity contribution in [3.05, 3.63) is 57.7 Å². The summed E-state index contributed by atoms with van der Waals surface area (Å²) in [5, 5.41) is 10.8. The fourth-order valence-electron chi connectivity index (χ4n) is 2.95. The van der Waals surface area contributed by atoms with E-state index >= 15 is 0 Å². The van der Waals surface area contributed by atoms with Gasteiger partial charge in [-0.05, 0) is 31.0 Å². The van der Waals surface area contributed by atoms with Gasteiger partial charge < -0.3 is 11.1 Å². The lowest BCUT2D eigenvalue weighted by Crippen LogP contribution is -2.50. The van der Waals surface area contributed by atoms with Crippen LogP contribution in [0.2, 0.25) is 0 Å². The lowest BCUT2D eigenvalue weighted by Gasteiger charge is -2.31. The predicted molar refractivity (Wildman–Crippen MR) is 94.3 cm³/mol. The average molecular weight is 469 g/mol. The Hall–Kier alpha value is -3.43. The van der Waals surface area contributed by atoms with E-state index in [0.717, 1.165) is 13.8 Å². The molecule has 1 amide bonds. The number of nitrogens with two attached hydrogens (primary N) is 1. The van der Waals surface area contributed by atoms with E-state index in [9.17, 15) is 44.3 Å². The molecule has 0 saturated carbocycles. The molecule has 0 radical (unpaired) electrons. The molecule has 172 valence electrons. The van der Waals surface area contributed by atoms with E-state index in [1.54, 1.807) is 0 Å². The number of hydrogen-bond acceptors (Lipinski definition) is 3. The number of nitrogens with one attached hydrogen (secondary N) is 1. The summed E-state index contributed by atoms with van der Waals surface area (Å²) in [6, 6.07) is 2.10. The number of nitrogen functional groups attached to an aromatic ring is 1. The third-order valence-electron chi connectivity index (χ3n) is 4.56. The smallest absolute Gasteiger partial charge is 0.395 e. The van der Waals surface area contributed by atoms with Crippen LogP contribution < -0.4 is 11.1 Å². The molecule has 0 aliphatic carbocycles. The van der Waals surface area contributed by atoms with Crippen LogP contribution in [0.1, 0.15) is 32.6 Å². The van der Waals surface area contributed by atoms with Gasteiger partial charge >= 0.3 is 18.0 Å². The van der Waals surface area contributed by atoms with Crippen LogP contribution >= 0.6 is 0 Å². The predicted octanol–water partition coefficient (Wildman–Crippen LogP) is 5.58. The van der Waals surface area contributed by atoms with Crippen LogP contribution in [0, 0.1) is 36.8 Å². The minimum atomic E-state index is -6.34. The molecule has 0 aliphatic heterocycles. The first-order valence-electron chi connectivity index (χ1n) is 8.40. The molecule has 0 bridgehead atoms. The number of halogens is 9. The zero-order chi connectivity index (χ0) is 24.8. The molecule has 2 aromatic rings. The van der Waals surface area contributed by atoms with Crippen LogP contribution in [0.25, 0.3) is 0 Å². The van der Waals surface area contributed by atoms with Crippen LogP contribution in [-0.4, -0.2) is 18.3 Å². The van der Waals surface area contributed by atoms with Crippen molar-refractivity contribution < 1.29 is 44.3 Å². The van der Waals surface area contributed by atoms with E-state index in [1.807, 2.05) is 5.32 Å². The lowest BCUT2D eigenvalue weighted by atomic mass is 9.90. The summed E-state index contributed by atoms with van der Waals surface area (Å²) in [7, 11) is 0. The number of anilines is 2. The number of amides is 1. The third kappa shape index (κ3) is 3.92. The van der Waals surface area contributed by atoms with Crippen LogP contribution in [0.5, 0.6) is 0 Å². The topological polar surface area (TPSA) is 78.9 Å². The maximum absolute atomic E-state index is 14.3. The van der Waals surface area contributed by atoms with Gasteiger partial charge in [-0.15, -0.1) is 0 Å². The second-order valence-electron chi connectivity index (χ2n) is 6.71. The number of carbonyl (C=O) groups excluding carboxylic acids is 1. The molecule has 2 rings (SSSR count). The van der Waals surface area contributed by atoms with Crippen molar-refractivity contribution in [3.8, 4) is 6.07 Å². The molecule has 0 saturated heterocycles. The Kier molecular flexibility index (Phi) is 6.15. The Morgan fingerprint density at radius 3 is 1.84 bits per heavy atom. The van der Waals surface area contributed by atoms with Crippen molar-refractivity contribution in [2.24, 2.45) is 0 Å². The summed E-state index contributed by atoms with van der Waals surface area (Å²) in [6.45, 7) is 1.95. The van der Waals surface area contributed by atoms with Gasteiger partial charge in [0.25, 0.3) is 5.91 Å². The first kappa shape index (κ1) is 24.8. The highest BCUT2D eigenvalue weighted by Crippen LogP contribution is 2.53. The summed E-state index contributed by atoms with van der Waals surface area (Å²) in [6.07, 6.45) is -12.7. The summed E-state index contributed by atoms with van der Waals surface area (Å²) in [5.41, 5.74) is -6.23. The largest absolute Gasteiger partial charge is 0.435 e. The average Bonchev–Trinajstić information content (AvgIpc) is 2.65. The number of aryl methyl sites for hydroxylation is 2. The van der Waals surface area contributed by atoms with E-state index in [4.69, 9.17) is 11.0 Å². The van der Waals surface area contributed by atoms with E-state index in [1.165, 1.54) is 6.07 Å². The zero-order valence-electron chi connectivity index (χ0n) is 16.1. The Labute approximate surface area is 174 Å². The molecule has 0 aromatic heterocycles. The van der Waals surface area contributed by atoms with Crippen molar-refractivity contribution in [2.45, 2.75) is 31.9 Å². The van der Waals surface area contributed by atoms with Gasteiger partial charge in [-0.3, -0.25) is 4.79 Å². The summed E-state index contributed by atoms with van der Waals surface area (Å²) < 4.78 is 120. The maximum Gasteiger partial charge on any atom is 0.435 e. The molecule has 0 heterocycles.